The molecule has 0 radical (unpaired) electrons. The third-order valence-electron chi connectivity index (χ3n) is 2.39. The molecule has 3 heteroatoms. The smallest absolute Gasteiger partial charge is 0.148 e. The molecule has 17 heavy (non-hydrogen) atoms. The molecule has 1 heterocycles. The molecule has 0 amide bonds. The second-order valence-electron chi connectivity index (χ2n) is 4.64. The fourth-order valence-electron chi connectivity index (χ4n) is 1.43. The number of hydrogen-bond donors (Lipinski definition) is 0. The number of ketones is 1. The fraction of sp³-hybridized carbons (Fsp3) is 0.571. The highest BCUT2D eigenvalue weighted by Crippen LogP contribution is 2.09. The first-order valence-corrected chi connectivity index (χ1v) is 7.30. The molecule has 1 aromatic heterocycles. The first kappa shape index (κ1) is 14.2. The number of carbonyl (C=O) groups excluding carboxylic acids is 1. The average molecular weight is 251 g/mol. The Balaban J connectivity index is 2.34. The minimum absolute atomic E-state index is 0.271. The van der Waals surface area contributed by atoms with Crippen LogP contribution in [0.4, 0.5) is 0 Å². The number of Topliss-reactive ketones (excluding diaryl/α,β-unsaturated/α-hetero) is 1. The molecule has 0 aromatic carbocycles. The molecule has 1 rings (SSSR count). The van der Waals surface area contributed by atoms with Crippen molar-refractivity contribution in [2.75, 3.05) is 11.5 Å². The summed E-state index contributed by atoms with van der Waals surface area (Å²) in [6.07, 6.45) is 3.32. The van der Waals surface area contributed by atoms with Crippen LogP contribution in [0.15, 0.2) is 18.3 Å². The van der Waals surface area contributed by atoms with Gasteiger partial charge in [0.1, 0.15) is 5.78 Å². The second kappa shape index (κ2) is 7.49. The summed E-state index contributed by atoms with van der Waals surface area (Å²) in [6, 6.07) is 4.01. The van der Waals surface area contributed by atoms with Crippen molar-refractivity contribution >= 4 is 17.5 Å². The second-order valence-corrected chi connectivity index (χ2v) is 5.67. The molecule has 0 unspecified atom stereocenters. The van der Waals surface area contributed by atoms with Crippen molar-refractivity contribution in [3.63, 3.8) is 0 Å². The van der Waals surface area contributed by atoms with Gasteiger partial charge in [-0.2, -0.15) is 11.8 Å². The molecule has 0 atom stereocenters. The van der Waals surface area contributed by atoms with Crippen LogP contribution in [0, 0.1) is 5.92 Å². The maximum absolute atomic E-state index is 11.7. The summed E-state index contributed by atoms with van der Waals surface area (Å²) in [5.74, 6) is 2.57. The summed E-state index contributed by atoms with van der Waals surface area (Å²) in [4.78, 5) is 16.0. The first-order valence-electron chi connectivity index (χ1n) is 6.15. The number of nitrogens with zero attached hydrogens (tertiary/aromatic N) is 1. The topological polar surface area (TPSA) is 30.0 Å². The first-order chi connectivity index (χ1) is 8.11. The van der Waals surface area contributed by atoms with Gasteiger partial charge in [0.2, 0.25) is 0 Å². The summed E-state index contributed by atoms with van der Waals surface area (Å²) in [6.45, 7) is 6.44. The average Bonchev–Trinajstić information content (AvgIpc) is 2.29. The molecule has 1 aromatic rings. The Morgan fingerprint density at radius 1 is 1.41 bits per heavy atom. The summed E-state index contributed by atoms with van der Waals surface area (Å²) in [7, 11) is 0. The normalized spacial score (nSPS) is 10.8. The van der Waals surface area contributed by atoms with Gasteiger partial charge in [-0.1, -0.05) is 26.8 Å². The quantitative estimate of drug-likeness (QED) is 0.745. The standard InChI is InChI=1S/C14H21NOS/c1-4-12-5-6-13(15-8-12)7-14(16)10-17-9-11(2)3/h5-6,8,11H,4,7,9-10H2,1-3H3. The molecular formula is C14H21NOS. The van der Waals surface area contributed by atoms with Crippen LogP contribution in [0.3, 0.4) is 0 Å². The Kier molecular flexibility index (Phi) is 6.27. The Morgan fingerprint density at radius 2 is 2.18 bits per heavy atom. The molecule has 0 N–H and O–H groups in total. The Hall–Kier alpha value is -0.830. The maximum Gasteiger partial charge on any atom is 0.148 e. The maximum atomic E-state index is 11.7. The van der Waals surface area contributed by atoms with Crippen LogP contribution in [0.2, 0.25) is 0 Å². The molecule has 0 saturated carbocycles. The molecule has 0 bridgehead atoms. The summed E-state index contributed by atoms with van der Waals surface area (Å²) in [5.41, 5.74) is 2.10. The number of pyridine rings is 1. The van der Waals surface area contributed by atoms with Gasteiger partial charge >= 0.3 is 0 Å². The van der Waals surface area contributed by atoms with E-state index in [4.69, 9.17) is 0 Å². The molecule has 94 valence electrons. The van der Waals surface area contributed by atoms with Crippen LogP contribution in [-0.2, 0) is 17.6 Å². The Morgan fingerprint density at radius 3 is 2.71 bits per heavy atom. The predicted octanol–water partition coefficient (Wildman–Crippen LogP) is 3.14. The van der Waals surface area contributed by atoms with Crippen molar-refractivity contribution in [2.45, 2.75) is 33.6 Å². The van der Waals surface area contributed by atoms with Crippen LogP contribution in [0.25, 0.3) is 0 Å². The number of rotatable bonds is 7. The van der Waals surface area contributed by atoms with E-state index in [1.807, 2.05) is 12.3 Å². The van der Waals surface area contributed by atoms with Gasteiger partial charge in [-0.25, -0.2) is 0 Å². The van der Waals surface area contributed by atoms with E-state index in [0.29, 0.717) is 18.1 Å². The molecule has 0 spiro atoms. The van der Waals surface area contributed by atoms with E-state index < -0.39 is 0 Å². The van der Waals surface area contributed by atoms with Gasteiger partial charge in [-0.3, -0.25) is 9.78 Å². The highest BCUT2D eigenvalue weighted by atomic mass is 32.2. The molecule has 2 nitrogen and oxygen atoms in total. The van der Waals surface area contributed by atoms with Crippen LogP contribution in [0.1, 0.15) is 32.0 Å². The third-order valence-corrected chi connectivity index (χ3v) is 3.82. The van der Waals surface area contributed by atoms with Crippen LogP contribution >= 0.6 is 11.8 Å². The number of carbonyl (C=O) groups is 1. The fourth-order valence-corrected chi connectivity index (χ4v) is 2.35. The third kappa shape index (κ3) is 5.87. The van der Waals surface area contributed by atoms with Gasteiger partial charge in [-0.15, -0.1) is 0 Å². The lowest BCUT2D eigenvalue weighted by atomic mass is 10.1. The number of hydrogen-bond acceptors (Lipinski definition) is 3. The van der Waals surface area contributed by atoms with E-state index in [1.165, 1.54) is 5.56 Å². The molecule has 0 aliphatic heterocycles. The largest absolute Gasteiger partial charge is 0.298 e. The van der Waals surface area contributed by atoms with E-state index in [-0.39, 0.29) is 5.78 Å². The summed E-state index contributed by atoms with van der Waals surface area (Å²) in [5, 5.41) is 0. The van der Waals surface area contributed by atoms with Gasteiger partial charge in [0.25, 0.3) is 0 Å². The summed E-state index contributed by atoms with van der Waals surface area (Å²) >= 11 is 1.72. The number of aryl methyl sites for hydroxylation is 1. The number of thioether (sulfide) groups is 1. The van der Waals surface area contributed by atoms with E-state index >= 15 is 0 Å². The lowest BCUT2D eigenvalue weighted by Crippen LogP contribution is -2.08. The van der Waals surface area contributed by atoms with Crippen molar-refractivity contribution in [3.8, 4) is 0 Å². The SMILES string of the molecule is CCc1ccc(CC(=O)CSCC(C)C)nc1. The van der Waals surface area contributed by atoms with Crippen molar-refractivity contribution < 1.29 is 4.79 Å². The van der Waals surface area contributed by atoms with Gasteiger partial charge in [0.05, 0.1) is 5.75 Å². The lowest BCUT2D eigenvalue weighted by Gasteiger charge is -2.04. The Bertz CT molecular complexity index is 346. The lowest BCUT2D eigenvalue weighted by molar-refractivity contribution is -0.116. The van der Waals surface area contributed by atoms with Gasteiger partial charge in [0.15, 0.2) is 0 Å². The van der Waals surface area contributed by atoms with Crippen molar-refractivity contribution in [1.82, 2.24) is 4.98 Å². The van der Waals surface area contributed by atoms with Crippen LogP contribution in [-0.4, -0.2) is 22.3 Å². The molecular weight excluding hydrogens is 230 g/mol. The number of aromatic nitrogens is 1. The van der Waals surface area contributed by atoms with Crippen molar-refractivity contribution in [3.05, 3.63) is 29.6 Å². The summed E-state index contributed by atoms with van der Waals surface area (Å²) < 4.78 is 0. The van der Waals surface area contributed by atoms with Crippen molar-refractivity contribution in [2.24, 2.45) is 5.92 Å². The van der Waals surface area contributed by atoms with E-state index in [9.17, 15) is 4.79 Å². The monoisotopic (exact) mass is 251 g/mol. The highest BCUT2D eigenvalue weighted by molar-refractivity contribution is 7.99. The van der Waals surface area contributed by atoms with E-state index in [0.717, 1.165) is 17.9 Å². The van der Waals surface area contributed by atoms with E-state index in [2.05, 4.69) is 31.8 Å². The Labute approximate surface area is 108 Å². The van der Waals surface area contributed by atoms with Gasteiger partial charge < -0.3 is 0 Å². The predicted molar refractivity (Wildman–Crippen MR) is 74.5 cm³/mol. The molecule has 0 aliphatic carbocycles. The molecule has 0 aliphatic rings. The molecule has 0 saturated heterocycles. The van der Waals surface area contributed by atoms with E-state index in [1.54, 1.807) is 11.8 Å². The minimum atomic E-state index is 0.271. The van der Waals surface area contributed by atoms with Gasteiger partial charge in [-0.05, 0) is 29.7 Å². The zero-order chi connectivity index (χ0) is 12.7. The van der Waals surface area contributed by atoms with Crippen LogP contribution < -0.4 is 0 Å². The minimum Gasteiger partial charge on any atom is -0.298 e. The van der Waals surface area contributed by atoms with Crippen LogP contribution in [0.5, 0.6) is 0 Å². The van der Waals surface area contributed by atoms with Gasteiger partial charge in [0, 0.05) is 18.3 Å². The highest BCUT2D eigenvalue weighted by Gasteiger charge is 2.05. The zero-order valence-electron chi connectivity index (χ0n) is 10.9. The zero-order valence-corrected chi connectivity index (χ0v) is 11.7. The molecule has 0 fully saturated rings. The van der Waals surface area contributed by atoms with Crippen molar-refractivity contribution in [1.29, 1.82) is 0 Å².